The fraction of sp³-hybridized carbons (Fsp3) is 0.292. The average molecular weight is 450 g/mol. The van der Waals surface area contributed by atoms with E-state index in [0.717, 1.165) is 11.1 Å². The van der Waals surface area contributed by atoms with E-state index in [-0.39, 0.29) is 24.3 Å². The lowest BCUT2D eigenvalue weighted by atomic mass is 10.2. The molecule has 9 heteroatoms. The van der Waals surface area contributed by atoms with Gasteiger partial charge in [0, 0.05) is 20.6 Å². The van der Waals surface area contributed by atoms with Crippen LogP contribution in [0.3, 0.4) is 0 Å². The second kappa shape index (κ2) is 9.33. The number of hydrogen-bond acceptors (Lipinski definition) is 6. The van der Waals surface area contributed by atoms with Crippen LogP contribution in [0.1, 0.15) is 11.1 Å². The predicted octanol–water partition coefficient (Wildman–Crippen LogP) is 1.81. The number of aromatic nitrogens is 4. The summed E-state index contributed by atoms with van der Waals surface area (Å²) in [5.74, 6) is 1.12. The molecular weight excluding hydrogens is 422 g/mol. The molecule has 0 radical (unpaired) electrons. The minimum Gasteiger partial charge on any atom is -0.491 e. The van der Waals surface area contributed by atoms with Crippen LogP contribution in [0.2, 0.25) is 0 Å². The van der Waals surface area contributed by atoms with Gasteiger partial charge in [-0.3, -0.25) is 14.3 Å². The van der Waals surface area contributed by atoms with Crippen LogP contribution in [0.4, 0.5) is 5.95 Å². The molecule has 0 saturated carbocycles. The zero-order valence-electron chi connectivity index (χ0n) is 18.9. The first kappa shape index (κ1) is 22.3. The average Bonchev–Trinajstić information content (AvgIpc) is 3.18. The Balaban J connectivity index is 1.66. The number of aryl methyl sites for hydroxylation is 2. The molecule has 0 bridgehead atoms. The van der Waals surface area contributed by atoms with E-state index in [4.69, 9.17) is 4.74 Å². The van der Waals surface area contributed by atoms with Gasteiger partial charge in [-0.15, -0.1) is 0 Å². The summed E-state index contributed by atoms with van der Waals surface area (Å²) in [7, 11) is 3.40. The zero-order chi connectivity index (χ0) is 23.5. The van der Waals surface area contributed by atoms with Crippen molar-refractivity contribution in [1.82, 2.24) is 19.1 Å². The van der Waals surface area contributed by atoms with Crippen LogP contribution in [0.25, 0.3) is 11.2 Å². The number of fused-ring (bicyclic) bond motifs is 1. The molecule has 2 heterocycles. The highest BCUT2D eigenvalue weighted by atomic mass is 16.5. The van der Waals surface area contributed by atoms with E-state index in [0.29, 0.717) is 18.2 Å². The minimum absolute atomic E-state index is 0.0360. The Morgan fingerprint density at radius 3 is 2.52 bits per heavy atom. The summed E-state index contributed by atoms with van der Waals surface area (Å²) < 4.78 is 8.65. The minimum atomic E-state index is -0.913. The van der Waals surface area contributed by atoms with Crippen molar-refractivity contribution in [3.05, 3.63) is 86.6 Å². The van der Waals surface area contributed by atoms with Crippen LogP contribution in [0, 0.1) is 6.92 Å². The van der Waals surface area contributed by atoms with Gasteiger partial charge in [0.1, 0.15) is 18.5 Å². The summed E-state index contributed by atoms with van der Waals surface area (Å²) >= 11 is 0. The number of imidazole rings is 1. The number of aliphatic hydroxyl groups is 1. The van der Waals surface area contributed by atoms with E-state index in [9.17, 15) is 14.7 Å². The third-order valence-electron chi connectivity index (χ3n) is 5.45. The molecule has 0 aliphatic carbocycles. The van der Waals surface area contributed by atoms with Gasteiger partial charge in [0.2, 0.25) is 5.95 Å². The number of nitrogens with zero attached hydrogens (tertiary/aromatic N) is 4. The second-order valence-electron chi connectivity index (χ2n) is 8.13. The molecule has 0 amide bonds. The molecule has 4 aromatic rings. The second-order valence-corrected chi connectivity index (χ2v) is 8.13. The number of hydrogen-bond donors (Lipinski definition) is 2. The predicted molar refractivity (Wildman–Crippen MR) is 127 cm³/mol. The van der Waals surface area contributed by atoms with Crippen molar-refractivity contribution >= 4 is 17.1 Å². The molecule has 2 aromatic heterocycles. The fourth-order valence-electron chi connectivity index (χ4n) is 3.71. The lowest BCUT2D eigenvalue weighted by Crippen LogP contribution is -2.31. The number of anilines is 1. The smallest absolute Gasteiger partial charge is 0.329 e. The Morgan fingerprint density at radius 2 is 1.82 bits per heavy atom. The molecule has 0 unspecified atom stereocenters. The first-order chi connectivity index (χ1) is 15.8. The molecular formula is C24H27N5O4. The maximum Gasteiger partial charge on any atom is 0.329 e. The van der Waals surface area contributed by atoms with Gasteiger partial charge in [-0.2, -0.15) is 4.98 Å². The monoisotopic (exact) mass is 449 g/mol. The Bertz CT molecular complexity index is 1360. The Kier molecular flexibility index (Phi) is 6.32. The van der Waals surface area contributed by atoms with Crippen molar-refractivity contribution in [3.8, 4) is 5.75 Å². The van der Waals surface area contributed by atoms with Crippen molar-refractivity contribution in [2.45, 2.75) is 26.1 Å². The zero-order valence-corrected chi connectivity index (χ0v) is 18.9. The number of ether oxygens (including phenoxy) is 1. The lowest BCUT2D eigenvalue weighted by molar-refractivity contribution is 0.0936. The van der Waals surface area contributed by atoms with Crippen molar-refractivity contribution < 1.29 is 9.84 Å². The largest absolute Gasteiger partial charge is 0.491 e. The van der Waals surface area contributed by atoms with E-state index >= 15 is 0 Å². The van der Waals surface area contributed by atoms with Gasteiger partial charge in [0.05, 0.1) is 6.54 Å². The van der Waals surface area contributed by atoms with Gasteiger partial charge in [-0.05, 0) is 24.6 Å². The normalized spacial score (nSPS) is 12.1. The number of benzene rings is 2. The summed E-state index contributed by atoms with van der Waals surface area (Å²) in [6.07, 6.45) is -0.913. The van der Waals surface area contributed by atoms with E-state index < -0.39 is 17.4 Å². The van der Waals surface area contributed by atoms with Gasteiger partial charge in [-0.25, -0.2) is 4.79 Å². The van der Waals surface area contributed by atoms with Gasteiger partial charge < -0.3 is 19.3 Å². The van der Waals surface area contributed by atoms with Crippen molar-refractivity contribution in [3.63, 3.8) is 0 Å². The van der Waals surface area contributed by atoms with Crippen LogP contribution in [0.5, 0.6) is 5.75 Å². The van der Waals surface area contributed by atoms with Gasteiger partial charge in [0.25, 0.3) is 5.56 Å². The molecule has 0 saturated heterocycles. The van der Waals surface area contributed by atoms with Gasteiger partial charge >= 0.3 is 5.69 Å². The van der Waals surface area contributed by atoms with Crippen molar-refractivity contribution in [2.24, 2.45) is 7.05 Å². The van der Waals surface area contributed by atoms with Crippen molar-refractivity contribution in [2.75, 3.05) is 18.6 Å². The summed E-state index contributed by atoms with van der Waals surface area (Å²) in [5, 5.41) is 10.7. The molecule has 33 heavy (non-hydrogen) atoms. The molecule has 2 aromatic carbocycles. The molecule has 0 spiro atoms. The number of rotatable bonds is 8. The van der Waals surface area contributed by atoms with E-state index in [2.05, 4.69) is 9.97 Å². The number of nitrogens with one attached hydrogen (secondary N) is 1. The fourth-order valence-corrected chi connectivity index (χ4v) is 3.71. The number of H-pyrrole nitrogens is 1. The molecule has 0 aliphatic heterocycles. The molecule has 2 N–H and O–H groups in total. The van der Waals surface area contributed by atoms with Crippen LogP contribution >= 0.6 is 0 Å². The Hall–Kier alpha value is -3.85. The highest BCUT2D eigenvalue weighted by molar-refractivity contribution is 5.74. The van der Waals surface area contributed by atoms with Gasteiger partial charge in [-0.1, -0.05) is 48.0 Å². The van der Waals surface area contributed by atoms with Crippen LogP contribution in [-0.4, -0.2) is 44.0 Å². The van der Waals surface area contributed by atoms with Gasteiger partial charge in [0.15, 0.2) is 11.2 Å². The summed E-state index contributed by atoms with van der Waals surface area (Å²) in [6, 6.07) is 17.4. The molecule has 4 rings (SSSR count). The quantitative estimate of drug-likeness (QED) is 0.425. The third-order valence-corrected chi connectivity index (χ3v) is 5.45. The first-order valence-corrected chi connectivity index (χ1v) is 10.7. The Morgan fingerprint density at radius 1 is 1.12 bits per heavy atom. The molecule has 172 valence electrons. The maximum atomic E-state index is 12.7. The highest BCUT2D eigenvalue weighted by Crippen LogP contribution is 2.21. The van der Waals surface area contributed by atoms with E-state index in [1.54, 1.807) is 11.6 Å². The molecule has 1 atom stereocenters. The van der Waals surface area contributed by atoms with Crippen molar-refractivity contribution in [1.29, 1.82) is 0 Å². The number of aromatic amines is 1. The van der Waals surface area contributed by atoms with Crippen LogP contribution < -0.4 is 20.9 Å². The standard InChI is InChI=1S/C24H27N5O4/c1-16-9-11-19(12-10-16)33-15-18(30)14-29-20-21(28(3)24(32)26-22(20)31)25-23(29)27(2)13-17-7-5-4-6-8-17/h4-12,18,30H,13-15H2,1-3H3,(H,26,31,32)/t18-/m0/s1. The Labute approximate surface area is 190 Å². The molecule has 0 aliphatic rings. The lowest BCUT2D eigenvalue weighted by Gasteiger charge is -2.21. The van der Waals surface area contributed by atoms with Crippen LogP contribution in [-0.2, 0) is 20.1 Å². The number of aliphatic hydroxyl groups excluding tert-OH is 1. The molecule has 9 nitrogen and oxygen atoms in total. The summed E-state index contributed by atoms with van der Waals surface area (Å²) in [6.45, 7) is 2.62. The third kappa shape index (κ3) is 4.83. The van der Waals surface area contributed by atoms with E-state index in [1.807, 2.05) is 73.5 Å². The SMILES string of the molecule is Cc1ccc(OC[C@@H](O)Cn2c(N(C)Cc3ccccc3)nc3c2c(=O)[nH]c(=O)n3C)cc1. The summed E-state index contributed by atoms with van der Waals surface area (Å²) in [5.41, 5.74) is 1.56. The topological polar surface area (TPSA) is 105 Å². The first-order valence-electron chi connectivity index (χ1n) is 10.7. The molecule has 0 fully saturated rings. The maximum absolute atomic E-state index is 12.7. The highest BCUT2D eigenvalue weighted by Gasteiger charge is 2.22. The van der Waals surface area contributed by atoms with E-state index in [1.165, 1.54) is 4.57 Å². The summed E-state index contributed by atoms with van der Waals surface area (Å²) in [4.78, 5) is 33.6. The van der Waals surface area contributed by atoms with Crippen LogP contribution in [0.15, 0.2) is 64.2 Å².